The largest absolute Gasteiger partial charge is 0.356 e. The molecule has 1 aliphatic rings. The van der Waals surface area contributed by atoms with Crippen molar-refractivity contribution in [3.05, 3.63) is 54.9 Å². The second kappa shape index (κ2) is 7.53. The molecule has 0 atom stereocenters. The number of amides is 1. The molecule has 1 N–H and O–H groups in total. The highest BCUT2D eigenvalue weighted by Crippen LogP contribution is 2.24. The first-order valence-corrected chi connectivity index (χ1v) is 8.99. The summed E-state index contributed by atoms with van der Waals surface area (Å²) in [5.74, 6) is 1.62. The summed E-state index contributed by atoms with van der Waals surface area (Å²) in [6, 6.07) is 9.74. The van der Waals surface area contributed by atoms with E-state index in [-0.39, 0.29) is 11.8 Å². The lowest BCUT2D eigenvalue weighted by atomic mass is 9.95. The van der Waals surface area contributed by atoms with Gasteiger partial charge in [-0.3, -0.25) is 4.79 Å². The Balaban J connectivity index is 1.38. The molecule has 1 saturated heterocycles. The summed E-state index contributed by atoms with van der Waals surface area (Å²) < 4.78 is 1.60. The molecular weight excluding hydrogens is 342 g/mol. The van der Waals surface area contributed by atoms with Crippen molar-refractivity contribution < 1.29 is 4.79 Å². The molecule has 0 radical (unpaired) electrons. The molecular formula is C19H21N7O. The van der Waals surface area contributed by atoms with Crippen LogP contribution in [0.25, 0.3) is 5.82 Å². The van der Waals surface area contributed by atoms with Crippen molar-refractivity contribution >= 4 is 17.4 Å². The molecule has 0 bridgehead atoms. The predicted molar refractivity (Wildman–Crippen MR) is 102 cm³/mol. The summed E-state index contributed by atoms with van der Waals surface area (Å²) in [5, 5.41) is 7.16. The van der Waals surface area contributed by atoms with Crippen molar-refractivity contribution in [1.82, 2.24) is 24.7 Å². The first-order chi connectivity index (χ1) is 13.2. The van der Waals surface area contributed by atoms with E-state index in [1.54, 1.807) is 11.0 Å². The Labute approximate surface area is 157 Å². The number of nitrogens with one attached hydrogen (secondary N) is 1. The number of rotatable bonds is 4. The van der Waals surface area contributed by atoms with E-state index in [0.717, 1.165) is 43.0 Å². The maximum atomic E-state index is 12.6. The van der Waals surface area contributed by atoms with Crippen LogP contribution in [0.15, 0.2) is 49.3 Å². The Morgan fingerprint density at radius 3 is 2.63 bits per heavy atom. The maximum Gasteiger partial charge on any atom is 0.227 e. The second-order valence-electron chi connectivity index (χ2n) is 6.64. The minimum absolute atomic E-state index is 0.0116. The number of nitrogens with zero attached hydrogens (tertiary/aromatic N) is 6. The van der Waals surface area contributed by atoms with Gasteiger partial charge in [-0.1, -0.05) is 18.2 Å². The number of anilines is 2. The summed E-state index contributed by atoms with van der Waals surface area (Å²) in [6.45, 7) is 3.55. The molecule has 0 spiro atoms. The van der Waals surface area contributed by atoms with E-state index >= 15 is 0 Å². The lowest BCUT2D eigenvalue weighted by Gasteiger charge is -2.32. The number of para-hydroxylation sites is 1. The van der Waals surface area contributed by atoms with Crippen molar-refractivity contribution in [2.24, 2.45) is 5.92 Å². The smallest absolute Gasteiger partial charge is 0.227 e. The zero-order valence-corrected chi connectivity index (χ0v) is 15.1. The van der Waals surface area contributed by atoms with Crippen LogP contribution >= 0.6 is 0 Å². The molecule has 8 heteroatoms. The highest BCUT2D eigenvalue weighted by Gasteiger charge is 2.26. The van der Waals surface area contributed by atoms with Crippen LogP contribution in [0.2, 0.25) is 0 Å². The van der Waals surface area contributed by atoms with Gasteiger partial charge in [-0.05, 0) is 31.4 Å². The number of aryl methyl sites for hydroxylation is 1. The lowest BCUT2D eigenvalue weighted by molar-refractivity contribution is -0.120. The van der Waals surface area contributed by atoms with E-state index in [2.05, 4.69) is 30.3 Å². The van der Waals surface area contributed by atoms with Crippen LogP contribution < -0.4 is 10.2 Å². The molecule has 4 rings (SSSR count). The monoisotopic (exact) mass is 363 g/mol. The quantitative estimate of drug-likeness (QED) is 0.765. The summed E-state index contributed by atoms with van der Waals surface area (Å²) in [4.78, 5) is 27.3. The van der Waals surface area contributed by atoms with Gasteiger partial charge in [0.1, 0.15) is 24.8 Å². The van der Waals surface area contributed by atoms with Crippen LogP contribution in [0.3, 0.4) is 0 Å². The standard InChI is InChI=1S/C19H21N7O/c1-14-4-2-3-5-16(14)24-19(27)15-6-8-25(9-7-15)17-10-18(22-12-21-17)26-13-20-11-23-26/h2-5,10-13,15H,6-9H2,1H3,(H,24,27). The molecule has 1 aliphatic heterocycles. The van der Waals surface area contributed by atoms with Crippen molar-refractivity contribution in [2.75, 3.05) is 23.3 Å². The van der Waals surface area contributed by atoms with E-state index in [4.69, 9.17) is 0 Å². The molecule has 27 heavy (non-hydrogen) atoms. The Bertz CT molecular complexity index is 917. The van der Waals surface area contributed by atoms with Crippen LogP contribution in [0.1, 0.15) is 18.4 Å². The van der Waals surface area contributed by atoms with E-state index in [0.29, 0.717) is 5.82 Å². The molecule has 138 valence electrons. The van der Waals surface area contributed by atoms with Gasteiger partial charge in [-0.2, -0.15) is 5.10 Å². The van der Waals surface area contributed by atoms with E-state index in [1.807, 2.05) is 37.3 Å². The van der Waals surface area contributed by atoms with Gasteiger partial charge in [0.25, 0.3) is 0 Å². The Morgan fingerprint density at radius 1 is 1.11 bits per heavy atom. The number of carbonyl (C=O) groups is 1. The minimum atomic E-state index is 0.0116. The molecule has 2 aromatic heterocycles. The minimum Gasteiger partial charge on any atom is -0.356 e. The van der Waals surface area contributed by atoms with Gasteiger partial charge in [0, 0.05) is 30.8 Å². The van der Waals surface area contributed by atoms with Crippen LogP contribution in [0.5, 0.6) is 0 Å². The molecule has 3 heterocycles. The number of aromatic nitrogens is 5. The molecule has 0 saturated carbocycles. The Hall–Kier alpha value is -3.29. The molecule has 8 nitrogen and oxygen atoms in total. The highest BCUT2D eigenvalue weighted by molar-refractivity contribution is 5.93. The van der Waals surface area contributed by atoms with E-state index in [9.17, 15) is 4.79 Å². The van der Waals surface area contributed by atoms with Gasteiger partial charge < -0.3 is 10.2 Å². The second-order valence-corrected chi connectivity index (χ2v) is 6.64. The lowest BCUT2D eigenvalue weighted by Crippen LogP contribution is -2.38. The molecule has 0 aliphatic carbocycles. The molecule has 0 unspecified atom stereocenters. The summed E-state index contributed by atoms with van der Waals surface area (Å²) in [6.07, 6.45) is 6.19. The zero-order chi connectivity index (χ0) is 18.6. The van der Waals surface area contributed by atoms with Crippen LogP contribution in [-0.2, 0) is 4.79 Å². The third-order valence-corrected chi connectivity index (χ3v) is 4.88. The van der Waals surface area contributed by atoms with Crippen LogP contribution in [0, 0.1) is 12.8 Å². The number of hydrogen-bond acceptors (Lipinski definition) is 6. The van der Waals surface area contributed by atoms with Crippen molar-refractivity contribution in [2.45, 2.75) is 19.8 Å². The van der Waals surface area contributed by atoms with E-state index in [1.165, 1.54) is 12.7 Å². The SMILES string of the molecule is Cc1ccccc1NC(=O)C1CCN(c2cc(-n3cncn3)ncn2)CC1. The third-order valence-electron chi connectivity index (χ3n) is 4.88. The molecule has 1 amide bonds. The average molecular weight is 363 g/mol. The topological polar surface area (TPSA) is 88.8 Å². The van der Waals surface area contributed by atoms with Crippen molar-refractivity contribution in [3.63, 3.8) is 0 Å². The van der Waals surface area contributed by atoms with Gasteiger partial charge >= 0.3 is 0 Å². The van der Waals surface area contributed by atoms with Gasteiger partial charge in [0.2, 0.25) is 5.91 Å². The molecule has 3 aromatic rings. The van der Waals surface area contributed by atoms with E-state index < -0.39 is 0 Å². The Kier molecular flexibility index (Phi) is 4.78. The first kappa shape index (κ1) is 17.1. The summed E-state index contributed by atoms with van der Waals surface area (Å²) in [7, 11) is 0. The third kappa shape index (κ3) is 3.79. The van der Waals surface area contributed by atoms with Gasteiger partial charge in [0.05, 0.1) is 0 Å². The highest BCUT2D eigenvalue weighted by atomic mass is 16.1. The first-order valence-electron chi connectivity index (χ1n) is 8.99. The van der Waals surface area contributed by atoms with Crippen LogP contribution in [-0.4, -0.2) is 43.7 Å². The zero-order valence-electron chi connectivity index (χ0n) is 15.1. The fourth-order valence-electron chi connectivity index (χ4n) is 3.28. The van der Waals surface area contributed by atoms with Gasteiger partial charge in [-0.25, -0.2) is 19.6 Å². The Morgan fingerprint density at radius 2 is 1.89 bits per heavy atom. The van der Waals surface area contributed by atoms with Crippen molar-refractivity contribution in [1.29, 1.82) is 0 Å². The molecule has 1 aromatic carbocycles. The number of benzene rings is 1. The number of piperidine rings is 1. The van der Waals surface area contributed by atoms with Gasteiger partial charge in [0.15, 0.2) is 5.82 Å². The predicted octanol–water partition coefficient (Wildman–Crippen LogP) is 2.22. The van der Waals surface area contributed by atoms with Crippen molar-refractivity contribution in [3.8, 4) is 5.82 Å². The molecule has 1 fully saturated rings. The van der Waals surface area contributed by atoms with Crippen LogP contribution in [0.4, 0.5) is 11.5 Å². The fourth-order valence-corrected chi connectivity index (χ4v) is 3.28. The average Bonchev–Trinajstić information content (AvgIpc) is 3.25. The normalized spacial score (nSPS) is 14.9. The summed E-state index contributed by atoms with van der Waals surface area (Å²) >= 11 is 0. The van der Waals surface area contributed by atoms with Gasteiger partial charge in [-0.15, -0.1) is 0 Å². The number of carbonyl (C=O) groups excluding carboxylic acids is 1. The maximum absolute atomic E-state index is 12.6. The fraction of sp³-hybridized carbons (Fsp3) is 0.316. The number of hydrogen-bond donors (Lipinski definition) is 1. The summed E-state index contributed by atoms with van der Waals surface area (Å²) in [5.41, 5.74) is 1.96.